The number of amides is 2. The number of nitrogens with one attached hydrogen (secondary N) is 2. The number of nitrogens with zero attached hydrogens (tertiary/aromatic N) is 1. The lowest BCUT2D eigenvalue weighted by atomic mass is 9.90. The first-order valence-electron chi connectivity index (χ1n) is 11.1. The predicted octanol–water partition coefficient (Wildman–Crippen LogP) is 3.96. The van der Waals surface area contributed by atoms with E-state index in [1.165, 1.54) is 11.3 Å². The molecule has 7 nitrogen and oxygen atoms in total. The first-order chi connectivity index (χ1) is 16.2. The van der Waals surface area contributed by atoms with Crippen LogP contribution < -0.4 is 20.1 Å². The van der Waals surface area contributed by atoms with Gasteiger partial charge in [-0.05, 0) is 37.1 Å². The Balaban J connectivity index is 1.28. The molecule has 33 heavy (non-hydrogen) atoms. The average molecular weight is 466 g/mol. The topological polar surface area (TPSA) is 89.6 Å². The molecule has 1 heterocycles. The summed E-state index contributed by atoms with van der Waals surface area (Å²) in [6, 6.07) is 18.5. The molecule has 8 heteroatoms. The van der Waals surface area contributed by atoms with Crippen LogP contribution in [0.25, 0.3) is 0 Å². The molecule has 1 saturated carbocycles. The lowest BCUT2D eigenvalue weighted by Gasteiger charge is -2.32. The van der Waals surface area contributed by atoms with Gasteiger partial charge >= 0.3 is 0 Å². The van der Waals surface area contributed by atoms with Gasteiger partial charge in [0, 0.05) is 17.5 Å². The van der Waals surface area contributed by atoms with Crippen LogP contribution in [0.15, 0.2) is 66.0 Å². The van der Waals surface area contributed by atoms with Crippen molar-refractivity contribution in [2.24, 2.45) is 0 Å². The zero-order valence-electron chi connectivity index (χ0n) is 18.2. The molecule has 1 fully saturated rings. The van der Waals surface area contributed by atoms with Gasteiger partial charge in [0.2, 0.25) is 0 Å². The molecule has 172 valence electrons. The number of aromatic nitrogens is 1. The number of hydrogen-bond acceptors (Lipinski definition) is 6. The third-order valence-corrected chi connectivity index (χ3v) is 6.25. The van der Waals surface area contributed by atoms with Gasteiger partial charge in [0.1, 0.15) is 28.8 Å². The van der Waals surface area contributed by atoms with Gasteiger partial charge < -0.3 is 20.1 Å². The third kappa shape index (κ3) is 6.79. The fraction of sp³-hybridized carbons (Fsp3) is 0.320. The molecule has 0 aliphatic heterocycles. The minimum absolute atomic E-state index is 0.0575. The van der Waals surface area contributed by atoms with Crippen molar-refractivity contribution in [3.63, 3.8) is 0 Å². The second-order valence-corrected chi connectivity index (χ2v) is 8.81. The molecule has 2 N–H and O–H groups in total. The second kappa shape index (κ2) is 11.5. The largest absolute Gasteiger partial charge is 0.486 e. The van der Waals surface area contributed by atoms with E-state index in [4.69, 9.17) is 9.47 Å². The normalized spacial score (nSPS) is 17.7. The van der Waals surface area contributed by atoms with Crippen LogP contribution in [0.3, 0.4) is 0 Å². The highest BCUT2D eigenvalue weighted by molar-refractivity contribution is 7.09. The Labute approximate surface area is 197 Å². The van der Waals surface area contributed by atoms with Crippen LogP contribution in [0, 0.1) is 0 Å². The van der Waals surface area contributed by atoms with E-state index in [1.807, 2.05) is 60.7 Å². The fourth-order valence-corrected chi connectivity index (χ4v) is 4.46. The van der Waals surface area contributed by atoms with Gasteiger partial charge in [-0.3, -0.25) is 9.59 Å². The average Bonchev–Trinajstić information content (AvgIpc) is 3.33. The highest BCUT2D eigenvalue weighted by atomic mass is 32.1. The summed E-state index contributed by atoms with van der Waals surface area (Å²) < 4.78 is 11.2. The Kier molecular flexibility index (Phi) is 7.92. The number of hydrogen-bond donors (Lipinski definition) is 2. The Morgan fingerprint density at radius 1 is 0.879 bits per heavy atom. The minimum atomic E-state index is -0.233. The van der Waals surface area contributed by atoms with Crippen molar-refractivity contribution in [3.8, 4) is 11.5 Å². The van der Waals surface area contributed by atoms with Gasteiger partial charge in [-0.1, -0.05) is 49.2 Å². The SMILES string of the molecule is O=C(COc1ccccc1)NC1CCCCC1NC(=O)c1csc(COc2ccccc2)n1. The molecule has 1 aliphatic rings. The quantitative estimate of drug-likeness (QED) is 0.499. The molecular weight excluding hydrogens is 438 g/mol. The van der Waals surface area contributed by atoms with Gasteiger partial charge in [0.15, 0.2) is 6.61 Å². The summed E-state index contributed by atoms with van der Waals surface area (Å²) >= 11 is 1.39. The van der Waals surface area contributed by atoms with Gasteiger partial charge in [0.05, 0.1) is 0 Å². The molecule has 2 aromatic carbocycles. The maximum absolute atomic E-state index is 12.8. The van der Waals surface area contributed by atoms with E-state index in [9.17, 15) is 9.59 Å². The molecule has 3 aromatic rings. The molecule has 2 atom stereocenters. The Morgan fingerprint density at radius 3 is 2.15 bits per heavy atom. The molecule has 0 saturated heterocycles. The summed E-state index contributed by atoms with van der Waals surface area (Å²) in [6.45, 7) is 0.253. The minimum Gasteiger partial charge on any atom is -0.486 e. The van der Waals surface area contributed by atoms with E-state index in [0.29, 0.717) is 18.1 Å². The molecule has 2 unspecified atom stereocenters. The number of rotatable bonds is 9. The Hall–Kier alpha value is -3.39. The highest BCUT2D eigenvalue weighted by Crippen LogP contribution is 2.20. The number of carbonyl (C=O) groups excluding carboxylic acids is 2. The van der Waals surface area contributed by atoms with Gasteiger partial charge in [-0.15, -0.1) is 11.3 Å². The van der Waals surface area contributed by atoms with Crippen LogP contribution in [-0.4, -0.2) is 35.5 Å². The smallest absolute Gasteiger partial charge is 0.271 e. The van der Waals surface area contributed by atoms with Crippen molar-refractivity contribution in [1.29, 1.82) is 0 Å². The summed E-state index contributed by atoms with van der Waals surface area (Å²) in [5.41, 5.74) is 0.370. The van der Waals surface area contributed by atoms with E-state index in [-0.39, 0.29) is 30.5 Å². The summed E-state index contributed by atoms with van der Waals surface area (Å²) in [5.74, 6) is 0.982. The fourth-order valence-electron chi connectivity index (χ4n) is 3.78. The Bertz CT molecular complexity index is 1040. The van der Waals surface area contributed by atoms with Crippen LogP contribution >= 0.6 is 11.3 Å². The van der Waals surface area contributed by atoms with E-state index in [1.54, 1.807) is 5.38 Å². The summed E-state index contributed by atoms with van der Waals surface area (Å²) in [4.78, 5) is 29.6. The lowest BCUT2D eigenvalue weighted by molar-refractivity contribution is -0.124. The van der Waals surface area contributed by atoms with Crippen LogP contribution in [0.1, 0.15) is 41.2 Å². The molecule has 2 amide bonds. The zero-order valence-corrected chi connectivity index (χ0v) is 19.1. The maximum atomic E-state index is 12.8. The van der Waals surface area contributed by atoms with Crippen molar-refractivity contribution in [2.75, 3.05) is 6.61 Å². The van der Waals surface area contributed by atoms with E-state index in [2.05, 4.69) is 15.6 Å². The number of ether oxygens (including phenoxy) is 2. The third-order valence-electron chi connectivity index (χ3n) is 5.43. The van der Waals surface area contributed by atoms with Crippen molar-refractivity contribution in [2.45, 2.75) is 44.4 Å². The molecule has 1 aliphatic carbocycles. The van der Waals surface area contributed by atoms with Crippen LogP contribution in [0.5, 0.6) is 11.5 Å². The first-order valence-corrected chi connectivity index (χ1v) is 12.0. The van der Waals surface area contributed by atoms with Crippen molar-refractivity contribution >= 4 is 23.2 Å². The maximum Gasteiger partial charge on any atom is 0.271 e. The molecule has 0 bridgehead atoms. The molecule has 0 radical (unpaired) electrons. The monoisotopic (exact) mass is 465 g/mol. The van der Waals surface area contributed by atoms with Crippen molar-refractivity contribution < 1.29 is 19.1 Å². The Morgan fingerprint density at radius 2 is 1.48 bits per heavy atom. The van der Waals surface area contributed by atoms with Gasteiger partial charge in [0.25, 0.3) is 11.8 Å². The zero-order chi connectivity index (χ0) is 22.9. The predicted molar refractivity (Wildman–Crippen MR) is 126 cm³/mol. The number of para-hydroxylation sites is 2. The summed E-state index contributed by atoms with van der Waals surface area (Å²) in [6.07, 6.45) is 3.64. The van der Waals surface area contributed by atoms with E-state index < -0.39 is 0 Å². The number of benzene rings is 2. The number of thiazole rings is 1. The van der Waals surface area contributed by atoms with Crippen molar-refractivity contribution in [1.82, 2.24) is 15.6 Å². The van der Waals surface area contributed by atoms with Crippen molar-refractivity contribution in [3.05, 3.63) is 76.7 Å². The van der Waals surface area contributed by atoms with Gasteiger partial charge in [-0.25, -0.2) is 4.98 Å². The lowest BCUT2D eigenvalue weighted by Crippen LogP contribution is -2.54. The van der Waals surface area contributed by atoms with Crippen LogP contribution in [0.2, 0.25) is 0 Å². The number of carbonyl (C=O) groups is 2. The molecule has 0 spiro atoms. The molecular formula is C25H27N3O4S. The highest BCUT2D eigenvalue weighted by Gasteiger charge is 2.28. The summed E-state index contributed by atoms with van der Waals surface area (Å²) in [5, 5.41) is 8.55. The summed E-state index contributed by atoms with van der Waals surface area (Å²) in [7, 11) is 0. The second-order valence-electron chi connectivity index (χ2n) is 7.87. The van der Waals surface area contributed by atoms with E-state index in [0.717, 1.165) is 36.4 Å². The molecule has 4 rings (SSSR count). The van der Waals surface area contributed by atoms with Crippen LogP contribution in [-0.2, 0) is 11.4 Å². The van der Waals surface area contributed by atoms with E-state index >= 15 is 0 Å². The van der Waals surface area contributed by atoms with Crippen LogP contribution in [0.4, 0.5) is 0 Å². The molecule has 1 aromatic heterocycles. The standard InChI is InChI=1S/C25H27N3O4S/c29-23(15-31-18-9-3-1-4-10-18)26-20-13-7-8-14-21(20)28-25(30)22-17-33-24(27-22)16-32-19-11-5-2-6-12-19/h1-6,9-12,17,20-21H,7-8,13-16H2,(H,26,29)(H,28,30). The van der Waals surface area contributed by atoms with Gasteiger partial charge in [-0.2, -0.15) is 0 Å². The first kappa shape index (κ1) is 22.8.